The second-order valence-electron chi connectivity index (χ2n) is 4.69. The average Bonchev–Trinajstić information content (AvgIpc) is 2.47. The van der Waals surface area contributed by atoms with E-state index in [2.05, 4.69) is 6.92 Å². The van der Waals surface area contributed by atoms with E-state index < -0.39 is 10.7 Å². The fourth-order valence-corrected chi connectivity index (χ4v) is 2.90. The zero-order valence-electron chi connectivity index (χ0n) is 12.5. The molecule has 2 aromatic rings. The summed E-state index contributed by atoms with van der Waals surface area (Å²) in [5.74, 6) is -0.497. The third-order valence-corrected chi connectivity index (χ3v) is 4.05. The van der Waals surface area contributed by atoms with Crippen molar-refractivity contribution in [3.8, 4) is 11.5 Å². The Labute approximate surface area is 132 Å². The molecular weight excluding hydrogens is 304 g/mol. The minimum atomic E-state index is -0.800. The molecule has 1 heterocycles. The van der Waals surface area contributed by atoms with E-state index in [0.29, 0.717) is 22.4 Å². The summed E-state index contributed by atoms with van der Waals surface area (Å²) >= 11 is 0.894. The van der Waals surface area contributed by atoms with E-state index in [0.717, 1.165) is 24.2 Å². The molecule has 0 aliphatic heterocycles. The molecule has 0 amide bonds. The molecule has 22 heavy (non-hydrogen) atoms. The Bertz CT molecular complexity index is 735. The molecule has 0 atom stereocenters. The molecule has 0 aliphatic carbocycles. The van der Waals surface area contributed by atoms with Gasteiger partial charge >= 0.3 is 5.97 Å². The molecule has 5 nitrogen and oxygen atoms in total. The quantitative estimate of drug-likeness (QED) is 0.652. The Balaban J connectivity index is 2.43. The third kappa shape index (κ3) is 3.39. The molecule has 1 N–H and O–H groups in total. The van der Waals surface area contributed by atoms with Crippen LogP contribution in [0.3, 0.4) is 0 Å². The minimum absolute atomic E-state index is 0.143. The maximum Gasteiger partial charge on any atom is 0.346 e. The summed E-state index contributed by atoms with van der Waals surface area (Å²) in [6.45, 7) is 4.46. The molecule has 0 bridgehead atoms. The Morgan fingerprint density at radius 3 is 2.77 bits per heavy atom. The number of unbranched alkanes of at least 4 members (excludes halogenated alkanes) is 1. The van der Waals surface area contributed by atoms with Gasteiger partial charge < -0.3 is 14.6 Å². The molecule has 0 spiro atoms. The third-order valence-electron chi connectivity index (χ3n) is 3.10. The van der Waals surface area contributed by atoms with Gasteiger partial charge in [-0.3, -0.25) is 4.79 Å². The molecule has 0 fully saturated rings. The molecule has 6 heteroatoms. The van der Waals surface area contributed by atoms with Gasteiger partial charge in [0, 0.05) is 10.1 Å². The normalized spacial score (nSPS) is 10.6. The molecule has 0 saturated heterocycles. The van der Waals surface area contributed by atoms with Gasteiger partial charge in [0.1, 0.15) is 11.5 Å². The summed E-state index contributed by atoms with van der Waals surface area (Å²) in [6.07, 6.45) is 1.98. The summed E-state index contributed by atoms with van der Waals surface area (Å²) in [6, 6.07) is 5.06. The molecule has 118 valence electrons. The highest BCUT2D eigenvalue weighted by atomic mass is 32.1. The zero-order valence-corrected chi connectivity index (χ0v) is 13.4. The first kappa shape index (κ1) is 16.3. The van der Waals surface area contributed by atoms with Crippen molar-refractivity contribution in [1.82, 2.24) is 0 Å². The van der Waals surface area contributed by atoms with E-state index in [1.165, 1.54) is 0 Å². The molecule has 0 radical (unpaired) electrons. The summed E-state index contributed by atoms with van der Waals surface area (Å²) in [5, 5.41) is 10.6. The topological polar surface area (TPSA) is 72.8 Å². The van der Waals surface area contributed by atoms with E-state index in [1.54, 1.807) is 25.1 Å². The predicted molar refractivity (Wildman–Crippen MR) is 86.1 cm³/mol. The van der Waals surface area contributed by atoms with E-state index in [-0.39, 0.29) is 17.9 Å². The van der Waals surface area contributed by atoms with Crippen LogP contribution < -0.4 is 9.48 Å². The van der Waals surface area contributed by atoms with Gasteiger partial charge in [0.25, 0.3) is 4.74 Å². The van der Waals surface area contributed by atoms with E-state index in [9.17, 15) is 14.7 Å². The first-order valence-electron chi connectivity index (χ1n) is 7.18. The Kier molecular flexibility index (Phi) is 5.38. The highest BCUT2D eigenvalue weighted by molar-refractivity contribution is 7.16. The monoisotopic (exact) mass is 322 g/mol. The van der Waals surface area contributed by atoms with Crippen LogP contribution >= 0.6 is 11.3 Å². The number of carbonyl (C=O) groups excluding carboxylic acids is 1. The molecule has 0 aliphatic rings. The van der Waals surface area contributed by atoms with Gasteiger partial charge in [0.05, 0.1) is 13.2 Å². The van der Waals surface area contributed by atoms with Crippen LogP contribution in [0.4, 0.5) is 0 Å². The maximum atomic E-state index is 12.1. The van der Waals surface area contributed by atoms with Crippen molar-refractivity contribution in [2.24, 2.45) is 0 Å². The van der Waals surface area contributed by atoms with Gasteiger partial charge in [0.15, 0.2) is 5.56 Å². The van der Waals surface area contributed by atoms with Crippen molar-refractivity contribution in [3.05, 3.63) is 33.3 Å². The molecule has 2 rings (SSSR count). The predicted octanol–water partition coefficient (Wildman–Crippen LogP) is 3.32. The maximum absolute atomic E-state index is 12.1. The second kappa shape index (κ2) is 7.26. The van der Waals surface area contributed by atoms with E-state index in [4.69, 9.17) is 9.47 Å². The summed E-state index contributed by atoms with van der Waals surface area (Å²) in [7, 11) is 0. The van der Waals surface area contributed by atoms with Gasteiger partial charge in [-0.05, 0) is 31.5 Å². The second-order valence-corrected chi connectivity index (χ2v) is 5.71. The minimum Gasteiger partial charge on any atom is -0.506 e. The number of rotatable bonds is 6. The number of aromatic hydroxyl groups is 1. The smallest absolute Gasteiger partial charge is 0.346 e. The largest absolute Gasteiger partial charge is 0.506 e. The SMILES string of the molecule is CCCCOc1ccc2c(O)c(C(=O)OCC)c(=O)sc2c1. The zero-order chi connectivity index (χ0) is 16.1. The van der Waals surface area contributed by atoms with Crippen LogP contribution in [0.5, 0.6) is 11.5 Å². The highest BCUT2D eigenvalue weighted by Crippen LogP contribution is 2.32. The lowest BCUT2D eigenvalue weighted by Gasteiger charge is -2.09. The fraction of sp³-hybridized carbons (Fsp3) is 0.375. The van der Waals surface area contributed by atoms with Gasteiger partial charge in [-0.2, -0.15) is 0 Å². The number of ether oxygens (including phenoxy) is 2. The first-order valence-corrected chi connectivity index (χ1v) is 7.99. The van der Waals surface area contributed by atoms with Crippen LogP contribution in [0.2, 0.25) is 0 Å². The molecule has 1 aromatic heterocycles. The Morgan fingerprint density at radius 2 is 2.09 bits per heavy atom. The Hall–Kier alpha value is -2.08. The van der Waals surface area contributed by atoms with Crippen LogP contribution in [0.25, 0.3) is 10.1 Å². The van der Waals surface area contributed by atoms with Gasteiger partial charge in [-0.1, -0.05) is 24.7 Å². The molecule has 1 aromatic carbocycles. The van der Waals surface area contributed by atoms with Gasteiger partial charge in [-0.25, -0.2) is 4.79 Å². The van der Waals surface area contributed by atoms with Gasteiger partial charge in [0.2, 0.25) is 0 Å². The van der Waals surface area contributed by atoms with Crippen molar-refractivity contribution in [1.29, 1.82) is 0 Å². The lowest BCUT2D eigenvalue weighted by molar-refractivity contribution is 0.0522. The number of hydrogen-bond acceptors (Lipinski definition) is 6. The number of hydrogen-bond donors (Lipinski definition) is 1. The number of fused-ring (bicyclic) bond motifs is 1. The van der Waals surface area contributed by atoms with Crippen LogP contribution in [0.1, 0.15) is 37.0 Å². The lowest BCUT2D eigenvalue weighted by atomic mass is 10.2. The fourth-order valence-electron chi connectivity index (χ4n) is 1.97. The average molecular weight is 322 g/mol. The summed E-state index contributed by atoms with van der Waals surface area (Å²) < 4.78 is 10.4. The molecule has 0 saturated carbocycles. The van der Waals surface area contributed by atoms with Crippen molar-refractivity contribution in [2.75, 3.05) is 13.2 Å². The number of benzene rings is 1. The highest BCUT2D eigenvalue weighted by Gasteiger charge is 2.20. The van der Waals surface area contributed by atoms with Gasteiger partial charge in [-0.15, -0.1) is 0 Å². The Morgan fingerprint density at radius 1 is 1.32 bits per heavy atom. The summed E-state index contributed by atoms with van der Waals surface area (Å²) in [4.78, 5) is 23.8. The van der Waals surface area contributed by atoms with Crippen molar-refractivity contribution >= 4 is 27.4 Å². The lowest BCUT2D eigenvalue weighted by Crippen LogP contribution is -2.15. The first-order chi connectivity index (χ1) is 10.6. The van der Waals surface area contributed by atoms with Crippen molar-refractivity contribution < 1.29 is 19.4 Å². The van der Waals surface area contributed by atoms with Crippen molar-refractivity contribution in [3.63, 3.8) is 0 Å². The molecular formula is C16H18O5S. The van der Waals surface area contributed by atoms with Crippen LogP contribution in [-0.4, -0.2) is 24.3 Å². The molecule has 0 unspecified atom stereocenters. The number of carbonyl (C=O) groups is 1. The van der Waals surface area contributed by atoms with Crippen LogP contribution in [0.15, 0.2) is 23.0 Å². The van der Waals surface area contributed by atoms with Crippen LogP contribution in [0, 0.1) is 0 Å². The van der Waals surface area contributed by atoms with Crippen molar-refractivity contribution in [2.45, 2.75) is 26.7 Å². The van der Waals surface area contributed by atoms with E-state index >= 15 is 0 Å². The number of esters is 1. The standard InChI is InChI=1S/C16H18O5S/c1-3-5-8-21-10-6-7-11-12(9-10)22-16(19)13(14(11)17)15(18)20-4-2/h6-7,9,17H,3-5,8H2,1-2H3. The van der Waals surface area contributed by atoms with Crippen LogP contribution in [-0.2, 0) is 4.74 Å². The summed E-state index contributed by atoms with van der Waals surface area (Å²) in [5.41, 5.74) is -0.306. The van der Waals surface area contributed by atoms with E-state index in [1.807, 2.05) is 0 Å².